The van der Waals surface area contributed by atoms with Gasteiger partial charge in [-0.2, -0.15) is 9.40 Å². The van der Waals surface area contributed by atoms with Crippen LogP contribution in [-0.2, 0) is 23.0 Å². The standard InChI is InChI=1S/C16H21N3O2S/c1-11(2)22(20,21)19-9-8-15-14(10-19)16(18-17-15)13-6-4-12(3)5-7-13/h4-7,11H,8-10H2,1-3H3,(H,17,18). The lowest BCUT2D eigenvalue weighted by atomic mass is 10.0. The van der Waals surface area contributed by atoms with E-state index in [1.165, 1.54) is 5.56 Å². The van der Waals surface area contributed by atoms with Crippen LogP contribution >= 0.6 is 0 Å². The van der Waals surface area contributed by atoms with Gasteiger partial charge in [-0.15, -0.1) is 0 Å². The zero-order valence-electron chi connectivity index (χ0n) is 13.1. The van der Waals surface area contributed by atoms with E-state index in [0.29, 0.717) is 19.5 Å². The molecule has 0 aliphatic carbocycles. The molecule has 0 saturated heterocycles. The summed E-state index contributed by atoms with van der Waals surface area (Å²) < 4.78 is 26.4. The Morgan fingerprint density at radius 1 is 1.23 bits per heavy atom. The van der Waals surface area contributed by atoms with Crippen molar-refractivity contribution in [2.24, 2.45) is 0 Å². The Labute approximate surface area is 131 Å². The number of aryl methyl sites for hydroxylation is 1. The second-order valence-corrected chi connectivity index (χ2v) is 8.56. The van der Waals surface area contributed by atoms with Crippen LogP contribution in [0.25, 0.3) is 11.3 Å². The molecule has 1 aliphatic heterocycles. The van der Waals surface area contributed by atoms with Crippen molar-refractivity contribution in [2.75, 3.05) is 6.54 Å². The Kier molecular flexibility index (Phi) is 3.82. The zero-order chi connectivity index (χ0) is 15.9. The maximum atomic E-state index is 12.4. The average molecular weight is 319 g/mol. The highest BCUT2D eigenvalue weighted by Gasteiger charge is 2.31. The first kappa shape index (κ1) is 15.2. The lowest BCUT2D eigenvalue weighted by Crippen LogP contribution is -2.39. The molecule has 0 saturated carbocycles. The van der Waals surface area contributed by atoms with Gasteiger partial charge in [0.1, 0.15) is 0 Å². The van der Waals surface area contributed by atoms with Crippen LogP contribution in [0.3, 0.4) is 0 Å². The number of aromatic nitrogens is 2. The molecule has 2 aromatic rings. The highest BCUT2D eigenvalue weighted by Crippen LogP contribution is 2.30. The normalized spacial score (nSPS) is 16.0. The number of benzene rings is 1. The quantitative estimate of drug-likeness (QED) is 0.945. The molecule has 6 heteroatoms. The lowest BCUT2D eigenvalue weighted by Gasteiger charge is -2.28. The number of sulfonamides is 1. The predicted octanol–water partition coefficient (Wildman–Crippen LogP) is 2.48. The van der Waals surface area contributed by atoms with Gasteiger partial charge in [0.2, 0.25) is 10.0 Å². The minimum atomic E-state index is -3.23. The molecule has 0 amide bonds. The third kappa shape index (κ3) is 2.57. The average Bonchev–Trinajstić information content (AvgIpc) is 2.91. The first-order valence-electron chi connectivity index (χ1n) is 7.51. The Morgan fingerprint density at radius 2 is 1.91 bits per heavy atom. The fourth-order valence-electron chi connectivity index (χ4n) is 2.74. The summed E-state index contributed by atoms with van der Waals surface area (Å²) in [4.78, 5) is 0. The molecule has 0 unspecified atom stereocenters. The molecular weight excluding hydrogens is 298 g/mol. The highest BCUT2D eigenvalue weighted by atomic mass is 32.2. The van der Waals surface area contributed by atoms with Crippen LogP contribution in [0.4, 0.5) is 0 Å². The Hall–Kier alpha value is -1.66. The summed E-state index contributed by atoms with van der Waals surface area (Å²) in [5.74, 6) is 0. The fraction of sp³-hybridized carbons (Fsp3) is 0.438. The van der Waals surface area contributed by atoms with Crippen molar-refractivity contribution in [2.45, 2.75) is 39.0 Å². The molecule has 0 spiro atoms. The largest absolute Gasteiger partial charge is 0.282 e. The molecule has 1 N–H and O–H groups in total. The van der Waals surface area contributed by atoms with Crippen LogP contribution in [0, 0.1) is 6.92 Å². The number of hydrogen-bond acceptors (Lipinski definition) is 3. The molecular formula is C16H21N3O2S. The summed E-state index contributed by atoms with van der Waals surface area (Å²) in [6.45, 7) is 6.40. The monoisotopic (exact) mass is 319 g/mol. The van der Waals surface area contributed by atoms with E-state index in [-0.39, 0.29) is 0 Å². The van der Waals surface area contributed by atoms with E-state index in [0.717, 1.165) is 22.5 Å². The number of H-pyrrole nitrogens is 1. The minimum Gasteiger partial charge on any atom is -0.282 e. The van der Waals surface area contributed by atoms with E-state index in [9.17, 15) is 8.42 Å². The SMILES string of the molecule is Cc1ccc(-c2n[nH]c3c2CN(S(=O)(=O)C(C)C)CC3)cc1. The third-order valence-corrected chi connectivity index (χ3v) is 6.40. The molecule has 0 fully saturated rings. The summed E-state index contributed by atoms with van der Waals surface area (Å²) in [7, 11) is -3.23. The van der Waals surface area contributed by atoms with Crippen molar-refractivity contribution in [1.82, 2.24) is 14.5 Å². The summed E-state index contributed by atoms with van der Waals surface area (Å²) in [6, 6.07) is 8.15. The molecule has 22 heavy (non-hydrogen) atoms. The van der Waals surface area contributed by atoms with Gasteiger partial charge in [-0.1, -0.05) is 29.8 Å². The van der Waals surface area contributed by atoms with Crippen LogP contribution < -0.4 is 0 Å². The van der Waals surface area contributed by atoms with Crippen LogP contribution in [0.5, 0.6) is 0 Å². The van der Waals surface area contributed by atoms with Crippen molar-refractivity contribution in [3.8, 4) is 11.3 Å². The number of nitrogens with one attached hydrogen (secondary N) is 1. The van der Waals surface area contributed by atoms with E-state index in [1.807, 2.05) is 31.2 Å². The molecule has 0 radical (unpaired) electrons. The van der Waals surface area contributed by atoms with Crippen LogP contribution in [0.2, 0.25) is 0 Å². The van der Waals surface area contributed by atoms with Crippen molar-refractivity contribution < 1.29 is 8.42 Å². The molecule has 1 aromatic carbocycles. The van der Waals surface area contributed by atoms with Crippen molar-refractivity contribution in [1.29, 1.82) is 0 Å². The number of aromatic amines is 1. The van der Waals surface area contributed by atoms with Crippen LogP contribution in [-0.4, -0.2) is 34.7 Å². The van der Waals surface area contributed by atoms with Gasteiger partial charge in [0.15, 0.2) is 0 Å². The third-order valence-electron chi connectivity index (χ3n) is 4.18. The molecule has 0 bridgehead atoms. The maximum Gasteiger partial charge on any atom is 0.216 e. The second kappa shape index (κ2) is 5.52. The number of nitrogens with zero attached hydrogens (tertiary/aromatic N) is 2. The molecule has 1 aromatic heterocycles. The van der Waals surface area contributed by atoms with Gasteiger partial charge >= 0.3 is 0 Å². The Bertz CT molecular complexity index is 776. The summed E-state index contributed by atoms with van der Waals surface area (Å²) >= 11 is 0. The number of fused-ring (bicyclic) bond motifs is 1. The van der Waals surface area contributed by atoms with Gasteiger partial charge < -0.3 is 0 Å². The second-order valence-electron chi connectivity index (χ2n) is 6.07. The zero-order valence-corrected chi connectivity index (χ0v) is 13.9. The predicted molar refractivity (Wildman–Crippen MR) is 86.9 cm³/mol. The molecule has 2 heterocycles. The van der Waals surface area contributed by atoms with Crippen LogP contribution in [0.1, 0.15) is 30.7 Å². The Morgan fingerprint density at radius 3 is 2.55 bits per heavy atom. The fourth-order valence-corrected chi connectivity index (χ4v) is 3.99. The van der Waals surface area contributed by atoms with Gasteiger partial charge in [-0.3, -0.25) is 5.10 Å². The van der Waals surface area contributed by atoms with E-state index in [2.05, 4.69) is 10.2 Å². The molecule has 1 aliphatic rings. The minimum absolute atomic E-state index is 0.398. The van der Waals surface area contributed by atoms with E-state index in [1.54, 1.807) is 18.2 Å². The van der Waals surface area contributed by atoms with Crippen LogP contribution in [0.15, 0.2) is 24.3 Å². The molecule has 3 rings (SSSR count). The van der Waals surface area contributed by atoms with Gasteiger partial charge in [-0.05, 0) is 20.8 Å². The maximum absolute atomic E-state index is 12.4. The van der Waals surface area contributed by atoms with E-state index < -0.39 is 15.3 Å². The van der Waals surface area contributed by atoms with Gasteiger partial charge in [-0.25, -0.2) is 8.42 Å². The number of rotatable bonds is 3. The number of hydrogen-bond donors (Lipinski definition) is 1. The smallest absolute Gasteiger partial charge is 0.216 e. The van der Waals surface area contributed by atoms with E-state index in [4.69, 9.17) is 0 Å². The van der Waals surface area contributed by atoms with Gasteiger partial charge in [0, 0.05) is 36.3 Å². The summed E-state index contributed by atoms with van der Waals surface area (Å²) in [5, 5.41) is 7.08. The highest BCUT2D eigenvalue weighted by molar-refractivity contribution is 7.89. The first-order chi connectivity index (χ1) is 10.4. The molecule has 0 atom stereocenters. The summed E-state index contributed by atoms with van der Waals surface area (Å²) in [6.07, 6.45) is 0.681. The van der Waals surface area contributed by atoms with E-state index >= 15 is 0 Å². The van der Waals surface area contributed by atoms with Crippen molar-refractivity contribution in [3.63, 3.8) is 0 Å². The summed E-state index contributed by atoms with van der Waals surface area (Å²) in [5.41, 5.74) is 5.12. The molecule has 118 valence electrons. The molecule has 5 nitrogen and oxygen atoms in total. The lowest BCUT2D eigenvalue weighted by molar-refractivity contribution is 0.386. The van der Waals surface area contributed by atoms with Crippen molar-refractivity contribution >= 4 is 10.0 Å². The first-order valence-corrected chi connectivity index (χ1v) is 9.02. The van der Waals surface area contributed by atoms with Crippen molar-refractivity contribution in [3.05, 3.63) is 41.1 Å². The van der Waals surface area contributed by atoms with Gasteiger partial charge in [0.05, 0.1) is 10.9 Å². The van der Waals surface area contributed by atoms with Gasteiger partial charge in [0.25, 0.3) is 0 Å². The topological polar surface area (TPSA) is 66.1 Å². The Balaban J connectivity index is 1.97.